The molecule has 0 aliphatic carbocycles. The van der Waals surface area contributed by atoms with Crippen molar-refractivity contribution >= 4 is 6.03 Å². The van der Waals surface area contributed by atoms with Crippen LogP contribution in [0.3, 0.4) is 0 Å². The second kappa shape index (κ2) is 6.63. The van der Waals surface area contributed by atoms with E-state index >= 15 is 0 Å². The molecular formula is C10H22N4O. The first-order chi connectivity index (χ1) is 7.22. The van der Waals surface area contributed by atoms with E-state index in [9.17, 15) is 4.79 Å². The SMILES string of the molecule is CCCCNC(=O)NN1CCN(C)CC1. The highest BCUT2D eigenvalue weighted by Crippen LogP contribution is 1.94. The highest BCUT2D eigenvalue weighted by Gasteiger charge is 2.14. The Labute approximate surface area is 91.8 Å². The highest BCUT2D eigenvalue weighted by molar-refractivity contribution is 5.73. The zero-order chi connectivity index (χ0) is 11.1. The Bertz CT molecular complexity index is 190. The third-order valence-corrected chi connectivity index (χ3v) is 2.58. The van der Waals surface area contributed by atoms with Gasteiger partial charge in [-0.2, -0.15) is 0 Å². The van der Waals surface area contributed by atoms with Gasteiger partial charge in [0.2, 0.25) is 0 Å². The van der Waals surface area contributed by atoms with Crippen LogP contribution in [-0.2, 0) is 0 Å². The summed E-state index contributed by atoms with van der Waals surface area (Å²) in [6.07, 6.45) is 2.14. The molecule has 2 N–H and O–H groups in total. The van der Waals surface area contributed by atoms with E-state index in [2.05, 4.69) is 29.6 Å². The number of unbranched alkanes of at least 4 members (excludes halogenated alkanes) is 1. The van der Waals surface area contributed by atoms with Crippen LogP contribution >= 0.6 is 0 Å². The number of rotatable bonds is 4. The van der Waals surface area contributed by atoms with Gasteiger partial charge in [-0.05, 0) is 13.5 Å². The van der Waals surface area contributed by atoms with Gasteiger partial charge in [-0.1, -0.05) is 13.3 Å². The first-order valence-corrected chi connectivity index (χ1v) is 5.70. The molecule has 1 fully saturated rings. The average Bonchev–Trinajstić information content (AvgIpc) is 2.22. The summed E-state index contributed by atoms with van der Waals surface area (Å²) < 4.78 is 0. The molecule has 1 aliphatic rings. The van der Waals surface area contributed by atoms with Crippen molar-refractivity contribution in [2.45, 2.75) is 19.8 Å². The zero-order valence-corrected chi connectivity index (χ0v) is 9.75. The van der Waals surface area contributed by atoms with Gasteiger partial charge in [0.1, 0.15) is 0 Å². The molecule has 0 bridgehead atoms. The van der Waals surface area contributed by atoms with Gasteiger partial charge in [0, 0.05) is 32.7 Å². The zero-order valence-electron chi connectivity index (χ0n) is 9.75. The lowest BCUT2D eigenvalue weighted by atomic mass is 10.3. The quantitative estimate of drug-likeness (QED) is 0.659. The van der Waals surface area contributed by atoms with Crippen molar-refractivity contribution in [1.82, 2.24) is 20.7 Å². The Balaban J connectivity index is 2.09. The molecule has 1 aliphatic heterocycles. The number of piperazine rings is 1. The van der Waals surface area contributed by atoms with Gasteiger partial charge in [-0.15, -0.1) is 0 Å². The summed E-state index contributed by atoms with van der Waals surface area (Å²) in [5, 5.41) is 4.81. The number of hydrogen-bond acceptors (Lipinski definition) is 3. The molecule has 88 valence electrons. The minimum absolute atomic E-state index is 0.0759. The van der Waals surface area contributed by atoms with E-state index in [1.807, 2.05) is 5.01 Å². The molecule has 1 rings (SSSR count). The molecule has 2 amide bonds. The predicted octanol–water partition coefficient (Wildman–Crippen LogP) is 0.248. The fourth-order valence-electron chi connectivity index (χ4n) is 1.48. The molecule has 0 spiro atoms. The van der Waals surface area contributed by atoms with Crippen LogP contribution in [0, 0.1) is 0 Å². The van der Waals surface area contributed by atoms with Gasteiger partial charge in [-0.3, -0.25) is 5.43 Å². The standard InChI is InChI=1S/C10H22N4O/c1-3-4-5-11-10(15)12-14-8-6-13(2)7-9-14/h3-9H2,1-2H3,(H2,11,12,15). The molecule has 0 atom stereocenters. The average molecular weight is 214 g/mol. The van der Waals surface area contributed by atoms with Gasteiger partial charge in [-0.25, -0.2) is 9.80 Å². The normalized spacial score (nSPS) is 18.8. The number of urea groups is 1. The van der Waals surface area contributed by atoms with E-state index in [0.717, 1.165) is 45.6 Å². The van der Waals surface area contributed by atoms with E-state index < -0.39 is 0 Å². The Morgan fingerprint density at radius 2 is 1.93 bits per heavy atom. The maximum Gasteiger partial charge on any atom is 0.329 e. The highest BCUT2D eigenvalue weighted by atomic mass is 16.2. The van der Waals surface area contributed by atoms with Crippen LogP contribution in [0.4, 0.5) is 4.79 Å². The van der Waals surface area contributed by atoms with Gasteiger partial charge >= 0.3 is 6.03 Å². The van der Waals surface area contributed by atoms with Crippen LogP contribution in [-0.4, -0.2) is 55.7 Å². The lowest BCUT2D eigenvalue weighted by molar-refractivity contribution is 0.112. The summed E-state index contributed by atoms with van der Waals surface area (Å²) in [4.78, 5) is 13.6. The minimum atomic E-state index is -0.0759. The number of hydrazine groups is 1. The maximum atomic E-state index is 11.4. The Morgan fingerprint density at radius 3 is 2.53 bits per heavy atom. The summed E-state index contributed by atoms with van der Waals surface area (Å²) in [7, 11) is 2.10. The number of nitrogens with zero attached hydrogens (tertiary/aromatic N) is 2. The summed E-state index contributed by atoms with van der Waals surface area (Å²) in [6.45, 7) is 6.69. The maximum absolute atomic E-state index is 11.4. The number of hydrogen-bond donors (Lipinski definition) is 2. The number of likely N-dealkylation sites (N-methyl/N-ethyl adjacent to an activating group) is 1. The van der Waals surface area contributed by atoms with Crippen LogP contribution in [0.5, 0.6) is 0 Å². The first kappa shape index (κ1) is 12.3. The summed E-state index contributed by atoms with van der Waals surface area (Å²) >= 11 is 0. The van der Waals surface area contributed by atoms with E-state index in [1.54, 1.807) is 0 Å². The fourth-order valence-corrected chi connectivity index (χ4v) is 1.48. The van der Waals surface area contributed by atoms with Crippen LogP contribution < -0.4 is 10.7 Å². The van der Waals surface area contributed by atoms with E-state index in [-0.39, 0.29) is 6.03 Å². The molecule has 0 unspecified atom stereocenters. The van der Waals surface area contributed by atoms with Gasteiger partial charge in [0.25, 0.3) is 0 Å². The van der Waals surface area contributed by atoms with Crippen LogP contribution in [0.15, 0.2) is 0 Å². The van der Waals surface area contributed by atoms with Crippen molar-refractivity contribution in [2.24, 2.45) is 0 Å². The molecule has 5 nitrogen and oxygen atoms in total. The molecule has 0 aromatic rings. The summed E-state index contributed by atoms with van der Waals surface area (Å²) in [5.41, 5.74) is 2.85. The Hall–Kier alpha value is -0.810. The van der Waals surface area contributed by atoms with Crippen molar-refractivity contribution in [3.63, 3.8) is 0 Å². The van der Waals surface area contributed by atoms with E-state index in [1.165, 1.54) is 0 Å². The molecular weight excluding hydrogens is 192 g/mol. The number of carbonyl (C=O) groups excluding carboxylic acids is 1. The van der Waals surface area contributed by atoms with Crippen LogP contribution in [0.25, 0.3) is 0 Å². The van der Waals surface area contributed by atoms with Crippen molar-refractivity contribution in [1.29, 1.82) is 0 Å². The second-order valence-corrected chi connectivity index (χ2v) is 4.01. The fraction of sp³-hybridized carbons (Fsp3) is 0.900. The van der Waals surface area contributed by atoms with Gasteiger partial charge in [0.05, 0.1) is 0 Å². The third-order valence-electron chi connectivity index (χ3n) is 2.58. The molecule has 0 aromatic heterocycles. The van der Waals surface area contributed by atoms with Crippen molar-refractivity contribution in [2.75, 3.05) is 39.8 Å². The summed E-state index contributed by atoms with van der Waals surface area (Å²) in [5.74, 6) is 0. The minimum Gasteiger partial charge on any atom is -0.337 e. The smallest absolute Gasteiger partial charge is 0.329 e. The molecule has 1 heterocycles. The van der Waals surface area contributed by atoms with Crippen molar-refractivity contribution in [3.8, 4) is 0 Å². The predicted molar refractivity (Wildman–Crippen MR) is 60.5 cm³/mol. The molecule has 15 heavy (non-hydrogen) atoms. The number of amides is 2. The molecule has 1 saturated heterocycles. The van der Waals surface area contributed by atoms with Crippen molar-refractivity contribution in [3.05, 3.63) is 0 Å². The third kappa shape index (κ3) is 4.99. The summed E-state index contributed by atoms with van der Waals surface area (Å²) in [6, 6.07) is -0.0759. The molecule has 0 saturated carbocycles. The number of carbonyl (C=O) groups is 1. The molecule has 5 heteroatoms. The van der Waals surface area contributed by atoms with Crippen LogP contribution in [0.1, 0.15) is 19.8 Å². The molecule has 0 aromatic carbocycles. The second-order valence-electron chi connectivity index (χ2n) is 4.01. The molecule has 0 radical (unpaired) electrons. The van der Waals surface area contributed by atoms with Crippen molar-refractivity contribution < 1.29 is 4.79 Å². The van der Waals surface area contributed by atoms with Gasteiger partial charge in [0.15, 0.2) is 0 Å². The topological polar surface area (TPSA) is 47.6 Å². The van der Waals surface area contributed by atoms with E-state index in [4.69, 9.17) is 0 Å². The lowest BCUT2D eigenvalue weighted by Crippen LogP contribution is -2.54. The first-order valence-electron chi connectivity index (χ1n) is 5.70. The Morgan fingerprint density at radius 1 is 1.27 bits per heavy atom. The Kier molecular flexibility index (Phi) is 5.42. The van der Waals surface area contributed by atoms with E-state index in [0.29, 0.717) is 0 Å². The monoisotopic (exact) mass is 214 g/mol. The number of nitrogens with one attached hydrogen (secondary N) is 2. The largest absolute Gasteiger partial charge is 0.337 e. The van der Waals surface area contributed by atoms with Crippen LogP contribution in [0.2, 0.25) is 0 Å². The van der Waals surface area contributed by atoms with Gasteiger partial charge < -0.3 is 10.2 Å². The lowest BCUT2D eigenvalue weighted by Gasteiger charge is -2.32.